The number of aromatic nitrogens is 2. The van der Waals surface area contributed by atoms with Gasteiger partial charge in [0.05, 0.1) is 17.2 Å². The number of hydrogen-bond donors (Lipinski definition) is 1. The van der Waals surface area contributed by atoms with E-state index in [9.17, 15) is 22.7 Å². The Bertz CT molecular complexity index is 1100. The molecule has 0 atom stereocenters. The third-order valence-electron chi connectivity index (χ3n) is 4.57. The number of benzene rings is 1. The number of aryl methyl sites for hydroxylation is 2. The molecule has 1 aromatic heterocycles. The van der Waals surface area contributed by atoms with Crippen LogP contribution in [0, 0.1) is 19.7 Å². The van der Waals surface area contributed by atoms with Crippen LogP contribution in [-0.2, 0) is 21.7 Å². The minimum atomic E-state index is -3.85. The summed E-state index contributed by atoms with van der Waals surface area (Å²) in [4.78, 5) is 17.3. The number of ketones is 1. The molecule has 8 nitrogen and oxygen atoms in total. The number of fused-ring (bicyclic) bond motifs is 1. The van der Waals surface area contributed by atoms with E-state index in [2.05, 4.69) is 10.3 Å². The number of sulfone groups is 1. The first kappa shape index (κ1) is 19.0. The SMILES string of the molecule is CON=C1CCS(=O)(=O)c2c(F)cc(C(=O)c3c(C)nn(C)c3O)c(C)c21. The minimum Gasteiger partial charge on any atom is -0.493 e. The first-order valence-corrected chi connectivity index (χ1v) is 9.68. The van der Waals surface area contributed by atoms with Crippen molar-refractivity contribution in [1.29, 1.82) is 0 Å². The average Bonchev–Trinajstić information content (AvgIpc) is 2.84. The summed E-state index contributed by atoms with van der Waals surface area (Å²) in [5.74, 6) is -2.34. The molecule has 0 spiro atoms. The zero-order valence-corrected chi connectivity index (χ0v) is 16.0. The zero-order chi connectivity index (χ0) is 20.1. The van der Waals surface area contributed by atoms with Crippen molar-refractivity contribution in [3.8, 4) is 5.88 Å². The second-order valence-corrected chi connectivity index (χ2v) is 8.31. The number of rotatable bonds is 3. The molecule has 2 aromatic rings. The van der Waals surface area contributed by atoms with Gasteiger partial charge in [-0.25, -0.2) is 17.5 Å². The van der Waals surface area contributed by atoms with Crippen LogP contribution in [0.5, 0.6) is 5.88 Å². The van der Waals surface area contributed by atoms with Gasteiger partial charge in [0.2, 0.25) is 11.7 Å². The smallest absolute Gasteiger partial charge is 0.220 e. The molecule has 27 heavy (non-hydrogen) atoms. The number of aromatic hydroxyl groups is 1. The summed E-state index contributed by atoms with van der Waals surface area (Å²) in [6.45, 7) is 3.06. The molecule has 0 aliphatic carbocycles. The molecule has 1 N–H and O–H groups in total. The van der Waals surface area contributed by atoms with Crippen molar-refractivity contribution in [2.45, 2.75) is 25.2 Å². The van der Waals surface area contributed by atoms with Crippen molar-refractivity contribution >= 4 is 21.3 Å². The number of carbonyl (C=O) groups is 1. The van der Waals surface area contributed by atoms with Crippen LogP contribution < -0.4 is 0 Å². The second kappa shape index (κ2) is 6.45. The fourth-order valence-corrected chi connectivity index (χ4v) is 4.92. The molecule has 0 radical (unpaired) electrons. The zero-order valence-electron chi connectivity index (χ0n) is 15.2. The van der Waals surface area contributed by atoms with Crippen molar-refractivity contribution in [3.05, 3.63) is 39.8 Å². The van der Waals surface area contributed by atoms with E-state index in [1.807, 2.05) is 0 Å². The standard InChI is InChI=1S/C17H18FN3O5S/c1-8-10(15(22)14-9(2)19-21(3)17(14)23)7-11(18)16-13(8)12(20-26-4)5-6-27(16,24)25/h7,23H,5-6H2,1-4H3. The number of halogens is 1. The van der Waals surface area contributed by atoms with E-state index in [1.54, 1.807) is 6.92 Å². The quantitative estimate of drug-likeness (QED) is 0.625. The number of carbonyl (C=O) groups excluding carboxylic acids is 1. The van der Waals surface area contributed by atoms with Gasteiger partial charge >= 0.3 is 0 Å². The molecule has 0 saturated carbocycles. The van der Waals surface area contributed by atoms with Crippen molar-refractivity contribution in [1.82, 2.24) is 9.78 Å². The molecule has 0 bridgehead atoms. The Kier molecular flexibility index (Phi) is 4.54. The van der Waals surface area contributed by atoms with Gasteiger partial charge in [-0.05, 0) is 25.5 Å². The Morgan fingerprint density at radius 2 is 2.07 bits per heavy atom. The third kappa shape index (κ3) is 2.89. The van der Waals surface area contributed by atoms with E-state index in [1.165, 1.54) is 21.1 Å². The van der Waals surface area contributed by atoms with Crippen LogP contribution in [0.4, 0.5) is 4.39 Å². The molecule has 0 amide bonds. The molecule has 0 saturated heterocycles. The van der Waals surface area contributed by atoms with Gasteiger partial charge in [-0.2, -0.15) is 5.10 Å². The lowest BCUT2D eigenvalue weighted by Gasteiger charge is -2.22. The highest BCUT2D eigenvalue weighted by Crippen LogP contribution is 2.34. The molecule has 3 rings (SSSR count). The summed E-state index contributed by atoms with van der Waals surface area (Å²) in [6.07, 6.45) is 0.0399. The topological polar surface area (TPSA) is 111 Å². The van der Waals surface area contributed by atoms with Gasteiger partial charge in [-0.3, -0.25) is 4.79 Å². The lowest BCUT2D eigenvalue weighted by Crippen LogP contribution is -2.26. The third-order valence-corrected chi connectivity index (χ3v) is 6.33. The molecule has 144 valence electrons. The molecule has 0 fully saturated rings. The van der Waals surface area contributed by atoms with Gasteiger partial charge in [0.15, 0.2) is 9.84 Å². The summed E-state index contributed by atoms with van der Waals surface area (Å²) in [5, 5.41) is 17.9. The normalized spacial score (nSPS) is 17.0. The molecule has 1 aromatic carbocycles. The fourth-order valence-electron chi connectivity index (χ4n) is 3.32. The Morgan fingerprint density at radius 1 is 1.41 bits per heavy atom. The predicted molar refractivity (Wildman–Crippen MR) is 94.4 cm³/mol. The van der Waals surface area contributed by atoms with Crippen molar-refractivity contribution in [3.63, 3.8) is 0 Å². The van der Waals surface area contributed by atoms with Crippen LogP contribution in [0.1, 0.15) is 39.2 Å². The van der Waals surface area contributed by atoms with E-state index >= 15 is 0 Å². The van der Waals surface area contributed by atoms with E-state index in [-0.39, 0.29) is 51.7 Å². The molecule has 2 heterocycles. The molecular weight excluding hydrogens is 377 g/mol. The summed E-state index contributed by atoms with van der Waals surface area (Å²) < 4.78 is 40.7. The van der Waals surface area contributed by atoms with Gasteiger partial charge in [0, 0.05) is 24.6 Å². The lowest BCUT2D eigenvalue weighted by atomic mass is 9.92. The molecular formula is C17H18FN3O5S. The van der Waals surface area contributed by atoms with E-state index in [4.69, 9.17) is 4.84 Å². The van der Waals surface area contributed by atoms with Crippen LogP contribution in [0.15, 0.2) is 16.1 Å². The Hall–Kier alpha value is -2.75. The largest absolute Gasteiger partial charge is 0.493 e. The molecule has 10 heteroatoms. The maximum Gasteiger partial charge on any atom is 0.220 e. The lowest BCUT2D eigenvalue weighted by molar-refractivity contribution is 0.103. The van der Waals surface area contributed by atoms with Crippen molar-refractivity contribution < 1.29 is 27.5 Å². The van der Waals surface area contributed by atoms with Crippen LogP contribution in [0.3, 0.4) is 0 Å². The van der Waals surface area contributed by atoms with Crippen LogP contribution in [-0.4, -0.2) is 47.7 Å². The van der Waals surface area contributed by atoms with Gasteiger partial charge in [-0.15, -0.1) is 0 Å². The van der Waals surface area contributed by atoms with E-state index in [0.717, 1.165) is 10.7 Å². The molecule has 1 aliphatic rings. The highest BCUT2D eigenvalue weighted by atomic mass is 32.2. The summed E-state index contributed by atoms with van der Waals surface area (Å²) in [6, 6.07) is 0.885. The highest BCUT2D eigenvalue weighted by Gasteiger charge is 2.36. The summed E-state index contributed by atoms with van der Waals surface area (Å²) in [5.41, 5.74) is 0.671. The van der Waals surface area contributed by atoms with Gasteiger partial charge in [0.1, 0.15) is 23.4 Å². The Balaban J connectivity index is 2.32. The maximum absolute atomic E-state index is 14.8. The monoisotopic (exact) mass is 395 g/mol. The van der Waals surface area contributed by atoms with Crippen LogP contribution in [0.25, 0.3) is 0 Å². The van der Waals surface area contributed by atoms with Gasteiger partial charge in [-0.1, -0.05) is 5.16 Å². The van der Waals surface area contributed by atoms with Crippen molar-refractivity contribution in [2.24, 2.45) is 12.2 Å². The average molecular weight is 395 g/mol. The van der Waals surface area contributed by atoms with E-state index in [0.29, 0.717) is 0 Å². The highest BCUT2D eigenvalue weighted by molar-refractivity contribution is 7.91. The first-order valence-electron chi connectivity index (χ1n) is 8.03. The van der Waals surface area contributed by atoms with Crippen molar-refractivity contribution in [2.75, 3.05) is 12.9 Å². The van der Waals surface area contributed by atoms with Gasteiger partial charge in [0.25, 0.3) is 0 Å². The Labute approximate surface area is 155 Å². The summed E-state index contributed by atoms with van der Waals surface area (Å²) >= 11 is 0. The number of nitrogens with zero attached hydrogens (tertiary/aromatic N) is 3. The summed E-state index contributed by atoms with van der Waals surface area (Å²) in [7, 11) is -1.09. The van der Waals surface area contributed by atoms with E-state index < -0.39 is 26.3 Å². The Morgan fingerprint density at radius 3 is 2.63 bits per heavy atom. The maximum atomic E-state index is 14.8. The number of hydrogen-bond acceptors (Lipinski definition) is 7. The number of oxime groups is 1. The fraction of sp³-hybridized carbons (Fsp3) is 0.353. The minimum absolute atomic E-state index is 0.0347. The second-order valence-electron chi connectivity index (χ2n) is 6.26. The predicted octanol–water partition coefficient (Wildman–Crippen LogP) is 1.64. The van der Waals surface area contributed by atoms with Crippen LogP contribution >= 0.6 is 0 Å². The first-order chi connectivity index (χ1) is 12.6. The van der Waals surface area contributed by atoms with Crippen LogP contribution in [0.2, 0.25) is 0 Å². The molecule has 1 aliphatic heterocycles. The molecule has 0 unspecified atom stereocenters. The van der Waals surface area contributed by atoms with Gasteiger partial charge < -0.3 is 9.94 Å².